The summed E-state index contributed by atoms with van der Waals surface area (Å²) in [5.41, 5.74) is 2.91. The number of hydrogen-bond acceptors (Lipinski definition) is 4. The van der Waals surface area contributed by atoms with Crippen LogP contribution in [0.1, 0.15) is 23.6 Å². The molecule has 0 saturated carbocycles. The number of nitrogens with one attached hydrogen (secondary N) is 1. The zero-order valence-electron chi connectivity index (χ0n) is 16.9. The first-order valence-electron chi connectivity index (χ1n) is 9.56. The van der Waals surface area contributed by atoms with E-state index in [1.807, 2.05) is 44.3 Å². The third kappa shape index (κ3) is 5.50. The minimum absolute atomic E-state index is 0. The number of aromatic nitrogens is 1. The highest BCUT2D eigenvalue weighted by molar-refractivity contribution is 14.0. The molecule has 1 aromatic carbocycles. The molecular formula is C21H30IN5O. The molecular weight excluding hydrogens is 465 g/mol. The van der Waals surface area contributed by atoms with Gasteiger partial charge in [0.05, 0.1) is 6.54 Å². The fourth-order valence-corrected chi connectivity index (χ4v) is 3.42. The predicted octanol–water partition coefficient (Wildman–Crippen LogP) is 3.31. The smallest absolute Gasteiger partial charge is 0.194 e. The zero-order chi connectivity index (χ0) is 19.2. The van der Waals surface area contributed by atoms with Gasteiger partial charge in [-0.1, -0.05) is 18.2 Å². The lowest BCUT2D eigenvalue weighted by Crippen LogP contribution is -2.52. The van der Waals surface area contributed by atoms with Gasteiger partial charge < -0.3 is 20.2 Å². The van der Waals surface area contributed by atoms with Crippen LogP contribution in [0.4, 0.5) is 5.82 Å². The number of aliphatic imine (C=N–C) groups is 1. The van der Waals surface area contributed by atoms with Crippen molar-refractivity contribution < 1.29 is 5.11 Å². The van der Waals surface area contributed by atoms with Crippen molar-refractivity contribution in [2.75, 3.05) is 37.6 Å². The maximum absolute atomic E-state index is 9.95. The van der Waals surface area contributed by atoms with Crippen molar-refractivity contribution in [3.05, 3.63) is 53.2 Å². The average Bonchev–Trinajstić information content (AvgIpc) is 2.70. The molecule has 3 rings (SSSR count). The topological polar surface area (TPSA) is 64.0 Å². The van der Waals surface area contributed by atoms with Crippen LogP contribution in [0, 0.1) is 13.8 Å². The summed E-state index contributed by atoms with van der Waals surface area (Å²) in [6.45, 7) is 11.1. The molecule has 152 valence electrons. The summed E-state index contributed by atoms with van der Waals surface area (Å²) in [5, 5.41) is 13.4. The van der Waals surface area contributed by atoms with E-state index in [1.165, 1.54) is 0 Å². The summed E-state index contributed by atoms with van der Waals surface area (Å²) in [4.78, 5) is 13.9. The summed E-state index contributed by atoms with van der Waals surface area (Å²) in [5.74, 6) is 2.36. The van der Waals surface area contributed by atoms with Crippen LogP contribution in [-0.4, -0.2) is 53.7 Å². The molecule has 28 heavy (non-hydrogen) atoms. The third-order valence-corrected chi connectivity index (χ3v) is 4.85. The molecule has 7 heteroatoms. The van der Waals surface area contributed by atoms with Crippen LogP contribution in [-0.2, 0) is 6.54 Å². The number of guanidine groups is 1. The van der Waals surface area contributed by atoms with Gasteiger partial charge in [0.25, 0.3) is 0 Å². The second-order valence-electron chi connectivity index (χ2n) is 6.91. The largest absolute Gasteiger partial charge is 0.507 e. The maximum Gasteiger partial charge on any atom is 0.194 e. The second kappa shape index (κ2) is 10.5. The summed E-state index contributed by atoms with van der Waals surface area (Å²) in [7, 11) is 0. The van der Waals surface area contributed by atoms with Crippen molar-refractivity contribution in [1.82, 2.24) is 15.2 Å². The Morgan fingerprint density at radius 2 is 1.82 bits per heavy atom. The summed E-state index contributed by atoms with van der Waals surface area (Å²) in [6, 6.07) is 10.1. The Labute approximate surface area is 184 Å². The molecule has 0 atom stereocenters. The first kappa shape index (κ1) is 22.3. The molecule has 0 bridgehead atoms. The Morgan fingerprint density at radius 3 is 2.39 bits per heavy atom. The molecule has 0 aliphatic carbocycles. The molecule has 1 aliphatic rings. The van der Waals surface area contributed by atoms with Crippen molar-refractivity contribution in [2.24, 2.45) is 4.99 Å². The highest BCUT2D eigenvalue weighted by Gasteiger charge is 2.20. The van der Waals surface area contributed by atoms with E-state index in [0.29, 0.717) is 12.3 Å². The van der Waals surface area contributed by atoms with E-state index >= 15 is 0 Å². The van der Waals surface area contributed by atoms with Crippen LogP contribution in [0.2, 0.25) is 0 Å². The van der Waals surface area contributed by atoms with E-state index in [1.54, 1.807) is 0 Å². The van der Waals surface area contributed by atoms with E-state index < -0.39 is 0 Å². The van der Waals surface area contributed by atoms with E-state index in [0.717, 1.165) is 61.2 Å². The SMILES string of the molecule is CCNC(=NCc1cc(C)c(O)c(C)c1)N1CCN(c2ccccn2)CC1.I. The molecule has 1 aromatic heterocycles. The Hall–Kier alpha value is -2.03. The summed E-state index contributed by atoms with van der Waals surface area (Å²) < 4.78 is 0. The Kier molecular flexibility index (Phi) is 8.35. The normalized spacial score (nSPS) is 14.6. The number of aromatic hydroxyl groups is 1. The number of nitrogens with zero attached hydrogens (tertiary/aromatic N) is 4. The molecule has 1 fully saturated rings. The number of piperazine rings is 1. The van der Waals surface area contributed by atoms with Crippen LogP contribution in [0.3, 0.4) is 0 Å². The van der Waals surface area contributed by atoms with E-state index in [4.69, 9.17) is 4.99 Å². The summed E-state index contributed by atoms with van der Waals surface area (Å²) in [6.07, 6.45) is 1.84. The van der Waals surface area contributed by atoms with E-state index in [2.05, 4.69) is 33.1 Å². The molecule has 1 aliphatic heterocycles. The third-order valence-electron chi connectivity index (χ3n) is 4.85. The lowest BCUT2D eigenvalue weighted by Gasteiger charge is -2.37. The number of hydrogen-bond donors (Lipinski definition) is 2. The van der Waals surface area contributed by atoms with E-state index in [9.17, 15) is 5.11 Å². The molecule has 1 saturated heterocycles. The quantitative estimate of drug-likeness (QED) is 0.387. The van der Waals surface area contributed by atoms with Crippen molar-refractivity contribution in [3.63, 3.8) is 0 Å². The van der Waals surface area contributed by atoms with Gasteiger partial charge in [0.2, 0.25) is 0 Å². The highest BCUT2D eigenvalue weighted by atomic mass is 127. The molecule has 6 nitrogen and oxygen atoms in total. The Bertz CT molecular complexity index is 766. The van der Waals surface area contributed by atoms with Crippen LogP contribution >= 0.6 is 24.0 Å². The lowest BCUT2D eigenvalue weighted by atomic mass is 10.1. The summed E-state index contributed by atoms with van der Waals surface area (Å²) >= 11 is 0. The molecule has 0 amide bonds. The number of aryl methyl sites for hydroxylation is 2. The predicted molar refractivity (Wildman–Crippen MR) is 126 cm³/mol. The first-order chi connectivity index (χ1) is 13.1. The van der Waals surface area contributed by atoms with Crippen molar-refractivity contribution >= 4 is 35.8 Å². The zero-order valence-corrected chi connectivity index (χ0v) is 19.2. The highest BCUT2D eigenvalue weighted by Crippen LogP contribution is 2.23. The van der Waals surface area contributed by atoms with Crippen molar-refractivity contribution in [2.45, 2.75) is 27.3 Å². The lowest BCUT2D eigenvalue weighted by molar-refractivity contribution is 0.371. The van der Waals surface area contributed by atoms with Gasteiger partial charge in [-0.15, -0.1) is 24.0 Å². The molecule has 0 spiro atoms. The number of benzene rings is 1. The van der Waals surface area contributed by atoms with Crippen molar-refractivity contribution in [3.8, 4) is 5.75 Å². The van der Waals surface area contributed by atoms with Crippen LogP contribution in [0.5, 0.6) is 5.75 Å². The van der Waals surface area contributed by atoms with Gasteiger partial charge in [0.15, 0.2) is 5.96 Å². The Balaban J connectivity index is 0.00000280. The number of anilines is 1. The molecule has 0 radical (unpaired) electrons. The molecule has 0 unspecified atom stereocenters. The van der Waals surface area contributed by atoms with Crippen LogP contribution in [0.25, 0.3) is 0 Å². The number of halogens is 1. The van der Waals surface area contributed by atoms with Gasteiger partial charge >= 0.3 is 0 Å². The van der Waals surface area contributed by atoms with Crippen LogP contribution in [0.15, 0.2) is 41.5 Å². The minimum Gasteiger partial charge on any atom is -0.507 e. The van der Waals surface area contributed by atoms with Crippen molar-refractivity contribution in [1.29, 1.82) is 0 Å². The maximum atomic E-state index is 9.95. The first-order valence-corrected chi connectivity index (χ1v) is 9.56. The molecule has 2 heterocycles. The fourth-order valence-electron chi connectivity index (χ4n) is 3.42. The monoisotopic (exact) mass is 495 g/mol. The number of phenolic OH excluding ortho intramolecular Hbond substituents is 1. The van der Waals surface area contributed by atoms with Gasteiger partial charge in [-0.3, -0.25) is 0 Å². The molecule has 2 aromatic rings. The van der Waals surface area contributed by atoms with Gasteiger partial charge in [0, 0.05) is 38.9 Å². The standard InChI is InChI=1S/C21H29N5O.HI/c1-4-22-21(24-15-18-13-16(2)20(27)17(3)14-18)26-11-9-25(10-12-26)19-7-5-6-8-23-19;/h5-8,13-14,27H,4,9-12,15H2,1-3H3,(H,22,24);1H. The van der Waals surface area contributed by atoms with Crippen LogP contribution < -0.4 is 10.2 Å². The fraction of sp³-hybridized carbons (Fsp3) is 0.429. The van der Waals surface area contributed by atoms with Gasteiger partial charge in [-0.25, -0.2) is 9.98 Å². The number of phenols is 1. The second-order valence-corrected chi connectivity index (χ2v) is 6.91. The number of rotatable bonds is 4. The van der Waals surface area contributed by atoms with Gasteiger partial charge in [-0.05, 0) is 49.6 Å². The van der Waals surface area contributed by atoms with E-state index in [-0.39, 0.29) is 24.0 Å². The Morgan fingerprint density at radius 1 is 1.14 bits per heavy atom. The van der Waals surface area contributed by atoms with Gasteiger partial charge in [-0.2, -0.15) is 0 Å². The minimum atomic E-state index is 0. The van der Waals surface area contributed by atoms with Gasteiger partial charge in [0.1, 0.15) is 11.6 Å². The number of pyridine rings is 1. The molecule has 2 N–H and O–H groups in total. The average molecular weight is 495 g/mol.